The summed E-state index contributed by atoms with van der Waals surface area (Å²) in [6.45, 7) is 3.44. The van der Waals surface area contributed by atoms with Crippen LogP contribution < -0.4 is 14.8 Å². The first-order chi connectivity index (χ1) is 12.3. The van der Waals surface area contributed by atoms with E-state index >= 15 is 0 Å². The molecule has 1 atom stereocenters. The van der Waals surface area contributed by atoms with E-state index in [-0.39, 0.29) is 5.91 Å². The summed E-state index contributed by atoms with van der Waals surface area (Å²) in [5.41, 5.74) is 1.65. The van der Waals surface area contributed by atoms with Gasteiger partial charge in [0.25, 0.3) is 5.91 Å². The number of carbonyl (C=O) groups is 2. The quantitative estimate of drug-likeness (QED) is 0.774. The molecule has 0 saturated carbocycles. The van der Waals surface area contributed by atoms with Crippen molar-refractivity contribution in [2.45, 2.75) is 20.0 Å². The highest BCUT2D eigenvalue weighted by Gasteiger charge is 2.18. The third-order valence-electron chi connectivity index (χ3n) is 3.68. The first kappa shape index (κ1) is 19.6. The van der Waals surface area contributed by atoms with Crippen LogP contribution in [0.15, 0.2) is 36.4 Å². The van der Waals surface area contributed by atoms with E-state index in [2.05, 4.69) is 10.1 Å². The van der Waals surface area contributed by atoms with Gasteiger partial charge in [-0.05, 0) is 43.7 Å². The monoisotopic (exact) mass is 377 g/mol. The minimum absolute atomic E-state index is 0.340. The number of amides is 1. The molecule has 0 radical (unpaired) electrons. The Kier molecular flexibility index (Phi) is 6.46. The van der Waals surface area contributed by atoms with Crippen LogP contribution in [0.4, 0.5) is 5.69 Å². The molecule has 1 amide bonds. The number of carbonyl (C=O) groups excluding carboxylic acids is 2. The summed E-state index contributed by atoms with van der Waals surface area (Å²) in [6.07, 6.45) is -0.802. The van der Waals surface area contributed by atoms with Gasteiger partial charge in [0.15, 0.2) is 6.10 Å². The molecule has 0 bridgehead atoms. The normalized spacial score (nSPS) is 11.4. The summed E-state index contributed by atoms with van der Waals surface area (Å²) in [4.78, 5) is 24.0. The lowest BCUT2D eigenvalue weighted by Gasteiger charge is -2.17. The molecule has 2 rings (SSSR count). The molecule has 0 saturated heterocycles. The summed E-state index contributed by atoms with van der Waals surface area (Å²) in [7, 11) is 2.79. The SMILES string of the molecule is COC(=O)c1cccc(O[C@@H](C)C(=O)Nc2cc(C)c(Cl)cc2OC)c1. The molecule has 2 aromatic carbocycles. The van der Waals surface area contributed by atoms with Gasteiger partial charge in [-0.1, -0.05) is 17.7 Å². The van der Waals surface area contributed by atoms with Crippen LogP contribution in [-0.4, -0.2) is 32.2 Å². The highest BCUT2D eigenvalue weighted by atomic mass is 35.5. The Bertz CT molecular complexity index is 822. The average molecular weight is 378 g/mol. The van der Waals surface area contributed by atoms with Crippen LogP contribution in [0.5, 0.6) is 11.5 Å². The van der Waals surface area contributed by atoms with Crippen molar-refractivity contribution in [2.75, 3.05) is 19.5 Å². The number of hydrogen-bond acceptors (Lipinski definition) is 5. The standard InChI is InChI=1S/C19H20ClNO5/c1-11-8-16(17(24-3)10-15(11)20)21-18(22)12(2)26-14-7-5-6-13(9-14)19(23)25-4/h5-10,12H,1-4H3,(H,21,22)/t12-/m0/s1. The summed E-state index contributed by atoms with van der Waals surface area (Å²) in [5, 5.41) is 3.30. The highest BCUT2D eigenvalue weighted by molar-refractivity contribution is 6.31. The zero-order valence-electron chi connectivity index (χ0n) is 15.0. The fraction of sp³-hybridized carbons (Fsp3) is 0.263. The Hall–Kier alpha value is -2.73. The lowest BCUT2D eigenvalue weighted by molar-refractivity contribution is -0.122. The molecule has 0 aliphatic rings. The molecule has 7 heteroatoms. The van der Waals surface area contributed by atoms with Crippen molar-refractivity contribution >= 4 is 29.2 Å². The third-order valence-corrected chi connectivity index (χ3v) is 4.08. The van der Waals surface area contributed by atoms with Crippen molar-refractivity contribution in [3.05, 3.63) is 52.5 Å². The van der Waals surface area contributed by atoms with E-state index in [9.17, 15) is 9.59 Å². The van der Waals surface area contributed by atoms with Crippen molar-refractivity contribution in [2.24, 2.45) is 0 Å². The number of ether oxygens (including phenoxy) is 3. The van der Waals surface area contributed by atoms with Gasteiger partial charge >= 0.3 is 5.97 Å². The first-order valence-corrected chi connectivity index (χ1v) is 8.23. The van der Waals surface area contributed by atoms with Crippen LogP contribution in [-0.2, 0) is 9.53 Å². The summed E-state index contributed by atoms with van der Waals surface area (Å²) in [6, 6.07) is 9.79. The molecule has 0 unspecified atom stereocenters. The number of rotatable bonds is 6. The van der Waals surface area contributed by atoms with E-state index in [0.717, 1.165) is 5.56 Å². The third kappa shape index (κ3) is 4.67. The minimum Gasteiger partial charge on any atom is -0.495 e. The molecule has 6 nitrogen and oxygen atoms in total. The number of methoxy groups -OCH3 is 2. The van der Waals surface area contributed by atoms with Crippen LogP contribution in [0.25, 0.3) is 0 Å². The van der Waals surface area contributed by atoms with Crippen molar-refractivity contribution < 1.29 is 23.8 Å². The van der Waals surface area contributed by atoms with E-state index in [1.807, 2.05) is 6.92 Å². The Balaban J connectivity index is 2.11. The van der Waals surface area contributed by atoms with Gasteiger partial charge in [0, 0.05) is 11.1 Å². The molecule has 1 N–H and O–H groups in total. The van der Waals surface area contributed by atoms with Crippen molar-refractivity contribution in [3.8, 4) is 11.5 Å². The molecule has 2 aromatic rings. The summed E-state index contributed by atoms with van der Waals surface area (Å²) in [5.74, 6) is -0.00827. The Labute approximate surface area is 157 Å². The predicted octanol–water partition coefficient (Wildman–Crippen LogP) is 3.85. The van der Waals surface area contributed by atoms with E-state index < -0.39 is 12.1 Å². The van der Waals surface area contributed by atoms with E-state index in [4.69, 9.17) is 21.1 Å². The Morgan fingerprint density at radius 2 is 1.88 bits per heavy atom. The number of nitrogens with one attached hydrogen (secondary N) is 1. The smallest absolute Gasteiger partial charge is 0.337 e. The molecular formula is C19H20ClNO5. The fourth-order valence-corrected chi connectivity index (χ4v) is 2.39. The molecule has 0 aromatic heterocycles. The zero-order chi connectivity index (χ0) is 19.3. The van der Waals surface area contributed by atoms with Crippen LogP contribution in [0.3, 0.4) is 0 Å². The van der Waals surface area contributed by atoms with E-state index in [0.29, 0.717) is 27.8 Å². The number of halogens is 1. The minimum atomic E-state index is -0.802. The number of hydrogen-bond donors (Lipinski definition) is 1. The predicted molar refractivity (Wildman–Crippen MR) is 99.2 cm³/mol. The second-order valence-electron chi connectivity index (χ2n) is 5.57. The van der Waals surface area contributed by atoms with Gasteiger partial charge < -0.3 is 19.5 Å². The number of aryl methyl sites for hydroxylation is 1. The van der Waals surface area contributed by atoms with Gasteiger partial charge in [-0.25, -0.2) is 4.79 Å². The van der Waals surface area contributed by atoms with Gasteiger partial charge in [0.2, 0.25) is 0 Å². The second kappa shape index (κ2) is 8.58. The van der Waals surface area contributed by atoms with Gasteiger partial charge in [-0.2, -0.15) is 0 Å². The molecule has 0 heterocycles. The summed E-state index contributed by atoms with van der Waals surface area (Å²) >= 11 is 6.07. The molecule has 0 spiro atoms. The van der Waals surface area contributed by atoms with E-state index in [1.54, 1.807) is 37.3 Å². The molecule has 0 aliphatic carbocycles. The van der Waals surface area contributed by atoms with Gasteiger partial charge in [-0.15, -0.1) is 0 Å². The summed E-state index contributed by atoms with van der Waals surface area (Å²) < 4.78 is 15.5. The topological polar surface area (TPSA) is 73.9 Å². The molecule has 0 aliphatic heterocycles. The van der Waals surface area contributed by atoms with Crippen LogP contribution in [0.1, 0.15) is 22.8 Å². The van der Waals surface area contributed by atoms with Crippen LogP contribution in [0, 0.1) is 6.92 Å². The van der Waals surface area contributed by atoms with Crippen molar-refractivity contribution in [1.82, 2.24) is 0 Å². The largest absolute Gasteiger partial charge is 0.495 e. The van der Waals surface area contributed by atoms with Gasteiger partial charge in [-0.3, -0.25) is 4.79 Å². The van der Waals surface area contributed by atoms with Crippen LogP contribution >= 0.6 is 11.6 Å². The average Bonchev–Trinajstić information content (AvgIpc) is 2.63. The zero-order valence-corrected chi connectivity index (χ0v) is 15.7. The van der Waals surface area contributed by atoms with E-state index in [1.165, 1.54) is 20.3 Å². The number of esters is 1. The lowest BCUT2D eigenvalue weighted by atomic mass is 10.2. The maximum absolute atomic E-state index is 12.4. The highest BCUT2D eigenvalue weighted by Crippen LogP contribution is 2.31. The maximum atomic E-state index is 12.4. The molecule has 138 valence electrons. The van der Waals surface area contributed by atoms with Gasteiger partial charge in [0.1, 0.15) is 11.5 Å². The molecular weight excluding hydrogens is 358 g/mol. The fourth-order valence-electron chi connectivity index (χ4n) is 2.24. The lowest BCUT2D eigenvalue weighted by Crippen LogP contribution is -2.30. The number of anilines is 1. The first-order valence-electron chi connectivity index (χ1n) is 7.85. The maximum Gasteiger partial charge on any atom is 0.337 e. The molecule has 26 heavy (non-hydrogen) atoms. The van der Waals surface area contributed by atoms with Crippen molar-refractivity contribution in [3.63, 3.8) is 0 Å². The molecule has 0 fully saturated rings. The van der Waals surface area contributed by atoms with Crippen LogP contribution in [0.2, 0.25) is 5.02 Å². The Morgan fingerprint density at radius 3 is 2.54 bits per heavy atom. The second-order valence-corrected chi connectivity index (χ2v) is 5.98. The van der Waals surface area contributed by atoms with Gasteiger partial charge in [0.05, 0.1) is 25.5 Å². The number of benzene rings is 2. The Morgan fingerprint density at radius 1 is 1.15 bits per heavy atom. The van der Waals surface area contributed by atoms with Crippen molar-refractivity contribution in [1.29, 1.82) is 0 Å².